The van der Waals surface area contributed by atoms with Gasteiger partial charge >= 0.3 is 0 Å². The summed E-state index contributed by atoms with van der Waals surface area (Å²) in [7, 11) is 0. The molecule has 0 bridgehead atoms. The van der Waals surface area contributed by atoms with E-state index in [9.17, 15) is 4.39 Å². The summed E-state index contributed by atoms with van der Waals surface area (Å²) in [5.74, 6) is 0.0486. The van der Waals surface area contributed by atoms with Crippen molar-refractivity contribution >= 4 is 34.3 Å². The quantitative estimate of drug-likeness (QED) is 0.372. The first-order valence-corrected chi connectivity index (χ1v) is 12.2. The second kappa shape index (κ2) is 9.04. The summed E-state index contributed by atoms with van der Waals surface area (Å²) in [6.45, 7) is 9.30. The van der Waals surface area contributed by atoms with Gasteiger partial charge in [-0.2, -0.15) is 0 Å². The lowest BCUT2D eigenvalue weighted by Gasteiger charge is -2.29. The summed E-state index contributed by atoms with van der Waals surface area (Å²) in [4.78, 5) is 24.1. The smallest absolute Gasteiger partial charge is 0.230 e. The number of fused-ring (bicyclic) bond motifs is 2. The zero-order chi connectivity index (χ0) is 25.7. The fraction of sp³-hybridized carbons (Fsp3) is 0.320. The van der Waals surface area contributed by atoms with Crippen molar-refractivity contribution in [3.8, 4) is 11.3 Å². The van der Waals surface area contributed by atoms with Crippen LogP contribution in [0.3, 0.4) is 0 Å². The SMILES string of the molecule is Cc1nc2c(F)cc(-c3nc(Nc4ncc(N5CCNCC5)c5nccn45)ncc3F)cc2n1C(C)C. The van der Waals surface area contributed by atoms with Crippen LogP contribution in [-0.4, -0.2) is 60.1 Å². The number of hydrogen-bond acceptors (Lipinski definition) is 8. The van der Waals surface area contributed by atoms with Crippen LogP contribution in [0.1, 0.15) is 25.7 Å². The lowest BCUT2D eigenvalue weighted by molar-refractivity contribution is 0.589. The number of piperazine rings is 1. The van der Waals surface area contributed by atoms with Crippen molar-refractivity contribution in [1.82, 2.24) is 39.2 Å². The van der Waals surface area contributed by atoms with E-state index in [0.29, 0.717) is 22.9 Å². The molecular formula is C25H26F2N10. The number of benzene rings is 1. The number of halogens is 2. The van der Waals surface area contributed by atoms with Crippen molar-refractivity contribution in [1.29, 1.82) is 0 Å². The molecule has 0 amide bonds. The minimum Gasteiger partial charge on any atom is -0.365 e. The molecule has 0 atom stereocenters. The van der Waals surface area contributed by atoms with Gasteiger partial charge in [-0.25, -0.2) is 33.7 Å². The highest BCUT2D eigenvalue weighted by Crippen LogP contribution is 2.31. The molecule has 0 saturated carbocycles. The van der Waals surface area contributed by atoms with E-state index in [1.807, 2.05) is 25.3 Å². The fourth-order valence-corrected chi connectivity index (χ4v) is 4.91. The van der Waals surface area contributed by atoms with Crippen LogP contribution in [0, 0.1) is 18.6 Å². The van der Waals surface area contributed by atoms with E-state index < -0.39 is 11.6 Å². The van der Waals surface area contributed by atoms with E-state index in [-0.39, 0.29) is 23.2 Å². The van der Waals surface area contributed by atoms with Crippen LogP contribution in [0.15, 0.2) is 36.9 Å². The Balaban J connectivity index is 1.38. The molecule has 1 aromatic carbocycles. The number of nitrogens with zero attached hydrogens (tertiary/aromatic N) is 8. The first-order valence-electron chi connectivity index (χ1n) is 12.2. The summed E-state index contributed by atoms with van der Waals surface area (Å²) in [6.07, 6.45) is 6.32. The number of nitrogens with one attached hydrogen (secondary N) is 2. The molecule has 1 aliphatic heterocycles. The highest BCUT2D eigenvalue weighted by atomic mass is 19.1. The van der Waals surface area contributed by atoms with Crippen LogP contribution in [0.5, 0.6) is 0 Å². The minimum absolute atomic E-state index is 0.0215. The maximum Gasteiger partial charge on any atom is 0.230 e. The zero-order valence-electron chi connectivity index (χ0n) is 20.7. The lowest BCUT2D eigenvalue weighted by atomic mass is 10.1. The molecule has 1 fully saturated rings. The van der Waals surface area contributed by atoms with Crippen molar-refractivity contribution in [3.05, 3.63) is 54.4 Å². The maximum absolute atomic E-state index is 15.0. The van der Waals surface area contributed by atoms with Crippen LogP contribution >= 0.6 is 0 Å². The molecule has 2 N–H and O–H groups in total. The first-order chi connectivity index (χ1) is 17.9. The summed E-state index contributed by atoms with van der Waals surface area (Å²) in [5.41, 5.74) is 2.78. The average Bonchev–Trinajstić information content (AvgIpc) is 3.51. The largest absolute Gasteiger partial charge is 0.365 e. The van der Waals surface area contributed by atoms with E-state index in [0.717, 1.165) is 43.7 Å². The molecule has 6 rings (SSSR count). The van der Waals surface area contributed by atoms with E-state index in [2.05, 4.69) is 40.5 Å². The number of rotatable bonds is 5. The van der Waals surface area contributed by atoms with Crippen molar-refractivity contribution < 1.29 is 8.78 Å². The van der Waals surface area contributed by atoms with Crippen LogP contribution in [-0.2, 0) is 0 Å². The van der Waals surface area contributed by atoms with E-state index in [4.69, 9.17) is 0 Å². The van der Waals surface area contributed by atoms with Gasteiger partial charge in [0.25, 0.3) is 0 Å². The zero-order valence-corrected chi connectivity index (χ0v) is 20.7. The standard InChI is InChI=1S/C25H26F2N10/c1-14(2)37-15(3)32-22-17(26)10-16(11-19(22)37)21-18(27)12-30-24(33-21)34-25-31-13-20(23-29-6-9-36(23)25)35-7-4-28-5-8-35/h6,9-14,28H,4-5,7-8H2,1-3H3,(H,30,31,33,34). The molecular weight excluding hydrogens is 478 g/mol. The molecule has 1 saturated heterocycles. The van der Waals surface area contributed by atoms with Gasteiger partial charge in [-0.1, -0.05) is 0 Å². The Morgan fingerprint density at radius 1 is 1.00 bits per heavy atom. The van der Waals surface area contributed by atoms with Gasteiger partial charge in [0.15, 0.2) is 17.3 Å². The van der Waals surface area contributed by atoms with Crippen molar-refractivity contribution in [2.75, 3.05) is 36.4 Å². The Bertz CT molecular complexity index is 1620. The molecule has 37 heavy (non-hydrogen) atoms. The second-order valence-corrected chi connectivity index (χ2v) is 9.29. The summed E-state index contributed by atoms with van der Waals surface area (Å²) < 4.78 is 33.6. The second-order valence-electron chi connectivity index (χ2n) is 9.29. The minimum atomic E-state index is -0.661. The third-order valence-corrected chi connectivity index (χ3v) is 6.55. The van der Waals surface area contributed by atoms with Crippen LogP contribution in [0.4, 0.5) is 26.4 Å². The number of hydrogen-bond donors (Lipinski definition) is 2. The number of aromatic nitrogens is 7. The Morgan fingerprint density at radius 2 is 1.81 bits per heavy atom. The van der Waals surface area contributed by atoms with Gasteiger partial charge in [-0.3, -0.25) is 9.72 Å². The molecule has 0 aliphatic carbocycles. The molecule has 4 aromatic heterocycles. The molecule has 0 spiro atoms. The van der Waals surface area contributed by atoms with Crippen LogP contribution in [0.25, 0.3) is 27.9 Å². The molecule has 5 heterocycles. The maximum atomic E-state index is 15.0. The van der Waals surface area contributed by atoms with Crippen molar-refractivity contribution in [2.24, 2.45) is 0 Å². The van der Waals surface area contributed by atoms with Crippen LogP contribution < -0.4 is 15.5 Å². The van der Waals surface area contributed by atoms with Crippen molar-refractivity contribution in [3.63, 3.8) is 0 Å². The predicted molar refractivity (Wildman–Crippen MR) is 137 cm³/mol. The Labute approximate surface area is 211 Å². The normalized spacial score (nSPS) is 14.3. The van der Waals surface area contributed by atoms with E-state index in [1.54, 1.807) is 29.1 Å². The van der Waals surface area contributed by atoms with Gasteiger partial charge in [0.2, 0.25) is 11.9 Å². The molecule has 10 nitrogen and oxygen atoms in total. The van der Waals surface area contributed by atoms with Gasteiger partial charge < -0.3 is 14.8 Å². The van der Waals surface area contributed by atoms with Crippen molar-refractivity contribution in [2.45, 2.75) is 26.8 Å². The van der Waals surface area contributed by atoms with Gasteiger partial charge in [-0.05, 0) is 32.9 Å². The fourth-order valence-electron chi connectivity index (χ4n) is 4.91. The van der Waals surface area contributed by atoms with Gasteiger partial charge in [0.1, 0.15) is 17.0 Å². The molecule has 1 aliphatic rings. The molecule has 5 aromatic rings. The monoisotopic (exact) mass is 504 g/mol. The number of anilines is 3. The summed E-state index contributed by atoms with van der Waals surface area (Å²) in [6, 6.07) is 3.02. The van der Waals surface area contributed by atoms with E-state index in [1.165, 1.54) is 6.07 Å². The molecule has 0 unspecified atom stereocenters. The Morgan fingerprint density at radius 3 is 2.59 bits per heavy atom. The number of aryl methyl sites for hydroxylation is 1. The van der Waals surface area contributed by atoms with Gasteiger partial charge in [0, 0.05) is 50.2 Å². The first kappa shape index (κ1) is 23.2. The number of imidazole rings is 2. The van der Waals surface area contributed by atoms with Crippen LogP contribution in [0.2, 0.25) is 0 Å². The average molecular weight is 505 g/mol. The molecule has 12 heteroatoms. The van der Waals surface area contributed by atoms with Gasteiger partial charge in [0.05, 0.1) is 23.6 Å². The van der Waals surface area contributed by atoms with E-state index >= 15 is 4.39 Å². The lowest BCUT2D eigenvalue weighted by Crippen LogP contribution is -2.43. The third-order valence-electron chi connectivity index (χ3n) is 6.55. The topological polar surface area (TPSA) is 101 Å². The Kier molecular flexibility index (Phi) is 5.67. The highest BCUT2D eigenvalue weighted by molar-refractivity contribution is 5.83. The van der Waals surface area contributed by atoms with Gasteiger partial charge in [-0.15, -0.1) is 0 Å². The highest BCUT2D eigenvalue weighted by Gasteiger charge is 2.20. The predicted octanol–water partition coefficient (Wildman–Crippen LogP) is 3.86. The summed E-state index contributed by atoms with van der Waals surface area (Å²) >= 11 is 0. The third kappa shape index (κ3) is 4.02. The molecule has 0 radical (unpaired) electrons. The summed E-state index contributed by atoms with van der Waals surface area (Å²) in [5, 5.41) is 6.41. The Hall–Kier alpha value is -4.19. The molecule has 190 valence electrons.